The van der Waals surface area contributed by atoms with Crippen molar-refractivity contribution in [1.82, 2.24) is 20.0 Å². The van der Waals surface area contributed by atoms with Gasteiger partial charge < -0.3 is 15.0 Å². The van der Waals surface area contributed by atoms with Crippen LogP contribution in [0, 0.1) is 5.82 Å². The fourth-order valence-corrected chi connectivity index (χ4v) is 5.11. The Hall–Kier alpha value is -4.19. The molecule has 0 aliphatic carbocycles. The summed E-state index contributed by atoms with van der Waals surface area (Å²) in [6.45, 7) is 7.12. The van der Waals surface area contributed by atoms with Crippen molar-refractivity contribution >= 4 is 17.9 Å². The van der Waals surface area contributed by atoms with Gasteiger partial charge in [0.2, 0.25) is 0 Å². The molecule has 2 aromatic rings. The first-order valence-corrected chi connectivity index (χ1v) is 13.6. The Kier molecular flexibility index (Phi) is 9.66. The summed E-state index contributed by atoms with van der Waals surface area (Å²) in [7, 11) is 0. The third kappa shape index (κ3) is 6.81. The maximum atomic E-state index is 14.3. The van der Waals surface area contributed by atoms with Crippen LogP contribution in [-0.4, -0.2) is 78.5 Å². The second-order valence-electron chi connectivity index (χ2n) is 9.88. The second kappa shape index (κ2) is 13.2. The molecule has 224 valence electrons. The summed E-state index contributed by atoms with van der Waals surface area (Å²) in [5.41, 5.74) is -0.161. The molecule has 1 fully saturated rings. The van der Waals surface area contributed by atoms with Crippen LogP contribution in [0.5, 0.6) is 0 Å². The maximum Gasteiger partial charge on any atom is 0.416 e. The van der Waals surface area contributed by atoms with Crippen LogP contribution >= 0.6 is 0 Å². The third-order valence-electron chi connectivity index (χ3n) is 7.17. The Morgan fingerprint density at radius 1 is 1.07 bits per heavy atom. The summed E-state index contributed by atoms with van der Waals surface area (Å²) in [5, 5.41) is 2.73. The lowest BCUT2D eigenvalue weighted by molar-refractivity contribution is -0.139. The minimum atomic E-state index is -4.55. The van der Waals surface area contributed by atoms with Crippen LogP contribution in [0.15, 0.2) is 72.5 Å². The molecule has 0 bridgehead atoms. The van der Waals surface area contributed by atoms with E-state index >= 15 is 0 Å². The number of alkyl halides is 3. The summed E-state index contributed by atoms with van der Waals surface area (Å²) < 4.78 is 59.2. The first-order chi connectivity index (χ1) is 20.0. The second-order valence-corrected chi connectivity index (χ2v) is 9.88. The van der Waals surface area contributed by atoms with Crippen LogP contribution < -0.4 is 5.32 Å². The van der Waals surface area contributed by atoms with Gasteiger partial charge in [0.1, 0.15) is 5.82 Å². The van der Waals surface area contributed by atoms with Gasteiger partial charge in [0, 0.05) is 45.0 Å². The van der Waals surface area contributed by atoms with Crippen molar-refractivity contribution < 1.29 is 36.7 Å². The fraction of sp³-hybridized carbons (Fsp3) is 0.367. The zero-order chi connectivity index (χ0) is 30.4. The molecule has 0 aromatic heterocycles. The first-order valence-electron chi connectivity index (χ1n) is 13.6. The van der Waals surface area contributed by atoms with Crippen LogP contribution in [0.4, 0.5) is 22.4 Å². The van der Waals surface area contributed by atoms with Crippen molar-refractivity contribution in [1.29, 1.82) is 0 Å². The number of ether oxygens (including phenoxy) is 1. The number of carbonyl (C=O) groups is 3. The number of hydrogen-bond acceptors (Lipinski definition) is 5. The number of nitrogens with one attached hydrogen (secondary N) is 1. The van der Waals surface area contributed by atoms with E-state index in [-0.39, 0.29) is 42.9 Å². The van der Waals surface area contributed by atoms with E-state index in [2.05, 4.69) is 11.9 Å². The minimum Gasteiger partial charge on any atom is -0.463 e. The topological polar surface area (TPSA) is 82.2 Å². The number of carbonyl (C=O) groups excluding carboxylic acids is 3. The van der Waals surface area contributed by atoms with Crippen LogP contribution in [0.1, 0.15) is 40.9 Å². The number of urea groups is 1. The van der Waals surface area contributed by atoms with Gasteiger partial charge in [0.15, 0.2) is 0 Å². The molecule has 12 heteroatoms. The average Bonchev–Trinajstić information content (AvgIpc) is 3.20. The third-order valence-corrected chi connectivity index (χ3v) is 7.17. The van der Waals surface area contributed by atoms with E-state index in [1.807, 2.05) is 4.90 Å². The van der Waals surface area contributed by atoms with Gasteiger partial charge in [-0.2, -0.15) is 13.2 Å². The number of amides is 3. The van der Waals surface area contributed by atoms with Crippen LogP contribution in [0.3, 0.4) is 0 Å². The molecule has 2 aromatic carbocycles. The first kappa shape index (κ1) is 30.8. The zero-order valence-electron chi connectivity index (χ0n) is 23.1. The van der Waals surface area contributed by atoms with E-state index in [0.717, 1.165) is 12.1 Å². The molecule has 1 unspecified atom stereocenters. The number of esters is 1. The number of benzene rings is 2. The molecule has 8 nitrogen and oxygen atoms in total. The molecule has 0 saturated carbocycles. The normalized spacial score (nSPS) is 18.4. The van der Waals surface area contributed by atoms with Crippen molar-refractivity contribution in [3.05, 3.63) is 95.0 Å². The maximum absolute atomic E-state index is 14.3. The Labute approximate surface area is 241 Å². The molecule has 2 aliphatic heterocycles. The summed E-state index contributed by atoms with van der Waals surface area (Å²) in [6.07, 6.45) is -2.50. The molecule has 4 rings (SSSR count). The largest absolute Gasteiger partial charge is 0.463 e. The lowest BCUT2D eigenvalue weighted by Gasteiger charge is -2.38. The molecular weight excluding hydrogens is 556 g/mol. The van der Waals surface area contributed by atoms with Crippen LogP contribution in [0.25, 0.3) is 0 Å². The molecular formula is C30H32F4N4O4. The van der Waals surface area contributed by atoms with E-state index in [1.54, 1.807) is 17.9 Å². The zero-order valence-corrected chi connectivity index (χ0v) is 23.1. The van der Waals surface area contributed by atoms with Gasteiger partial charge in [-0.15, -0.1) is 6.58 Å². The highest BCUT2D eigenvalue weighted by atomic mass is 19.4. The van der Waals surface area contributed by atoms with Gasteiger partial charge >= 0.3 is 18.2 Å². The van der Waals surface area contributed by atoms with Crippen molar-refractivity contribution in [3.8, 4) is 0 Å². The van der Waals surface area contributed by atoms with Crippen molar-refractivity contribution in [2.45, 2.75) is 25.6 Å². The minimum absolute atomic E-state index is 0.0150. The van der Waals surface area contributed by atoms with Gasteiger partial charge in [0.25, 0.3) is 5.91 Å². The predicted molar refractivity (Wildman–Crippen MR) is 147 cm³/mol. The Morgan fingerprint density at radius 3 is 2.43 bits per heavy atom. The smallest absolute Gasteiger partial charge is 0.416 e. The Morgan fingerprint density at radius 2 is 1.79 bits per heavy atom. The van der Waals surface area contributed by atoms with E-state index in [9.17, 15) is 31.9 Å². The number of hydrogen-bond donors (Lipinski definition) is 1. The van der Waals surface area contributed by atoms with Crippen molar-refractivity contribution in [2.24, 2.45) is 0 Å². The van der Waals surface area contributed by atoms with Crippen molar-refractivity contribution in [3.63, 3.8) is 0 Å². The highest BCUT2D eigenvalue weighted by Crippen LogP contribution is 2.35. The molecule has 1 N–H and O–H groups in total. The fourth-order valence-electron chi connectivity index (χ4n) is 5.11. The molecule has 3 amide bonds. The number of nitrogens with zero attached hydrogens (tertiary/aromatic N) is 3. The van der Waals surface area contributed by atoms with Crippen LogP contribution in [0.2, 0.25) is 0 Å². The van der Waals surface area contributed by atoms with E-state index in [1.165, 1.54) is 41.3 Å². The average molecular weight is 589 g/mol. The molecule has 2 heterocycles. The monoisotopic (exact) mass is 588 g/mol. The standard InChI is InChI=1S/C30H32F4N4O4/c1-3-14-38-24(19-36-15-7-16-37(18-17-36)27(39)22-8-5-6-9-23(22)31)25(28(40)42-4-2)26(35-29(38)41)20-10-12-21(13-11-20)30(32,33)34/h3,5-6,8-13,26H,1,4,7,14-19H2,2H3,(H,35,41). The molecule has 1 atom stereocenters. The predicted octanol–water partition coefficient (Wildman–Crippen LogP) is 4.76. The van der Waals surface area contributed by atoms with Gasteiger partial charge in [-0.25, -0.2) is 14.0 Å². The Bertz CT molecular complexity index is 1360. The summed E-state index contributed by atoms with van der Waals surface area (Å²) in [4.78, 5) is 44.5. The lowest BCUT2D eigenvalue weighted by atomic mass is 9.93. The lowest BCUT2D eigenvalue weighted by Crippen LogP contribution is -2.51. The Balaban J connectivity index is 1.66. The molecule has 1 saturated heterocycles. The van der Waals surface area contributed by atoms with Crippen LogP contribution in [-0.2, 0) is 15.7 Å². The highest BCUT2D eigenvalue weighted by Gasteiger charge is 2.39. The molecule has 0 spiro atoms. The molecule has 42 heavy (non-hydrogen) atoms. The van der Waals surface area contributed by atoms with Gasteiger partial charge in [-0.3, -0.25) is 14.6 Å². The van der Waals surface area contributed by atoms with Crippen molar-refractivity contribution in [2.75, 3.05) is 45.9 Å². The number of halogens is 4. The van der Waals surface area contributed by atoms with E-state index in [4.69, 9.17) is 4.74 Å². The SMILES string of the molecule is C=CCN1C(=O)NC(c2ccc(C(F)(F)F)cc2)C(C(=O)OCC)=C1CN1CCCN(C(=O)c2ccccc2F)CC1. The van der Waals surface area contributed by atoms with Gasteiger partial charge in [-0.1, -0.05) is 30.3 Å². The van der Waals surface area contributed by atoms with E-state index in [0.29, 0.717) is 31.8 Å². The summed E-state index contributed by atoms with van der Waals surface area (Å²) in [6, 6.07) is 8.43. The molecule has 2 aliphatic rings. The van der Waals surface area contributed by atoms with Gasteiger partial charge in [0.05, 0.1) is 29.3 Å². The quantitative estimate of drug-likeness (QED) is 0.273. The highest BCUT2D eigenvalue weighted by molar-refractivity contribution is 5.95. The molecule has 0 radical (unpaired) electrons. The van der Waals surface area contributed by atoms with E-state index < -0.39 is 41.5 Å². The van der Waals surface area contributed by atoms with Gasteiger partial charge in [-0.05, 0) is 43.2 Å². The number of rotatable bonds is 8. The summed E-state index contributed by atoms with van der Waals surface area (Å²) in [5.74, 6) is -1.73. The summed E-state index contributed by atoms with van der Waals surface area (Å²) >= 11 is 0.